The largest absolute Gasteiger partial charge is 0.459 e. The number of rotatable bonds is 8. The SMILES string of the molecule is N#Cc1cn([C@@H]2O[C@H](COC(=O)c3ccccc3)[C@@H](OC(=O)c3ccccc3)[C@H]2OC(=O)c2ccccc2)cn1. The predicted octanol–water partition coefficient (Wildman–Crippen LogP) is 3.96. The molecule has 3 aromatic carbocycles. The molecule has 0 amide bonds. The molecule has 1 aromatic heterocycles. The molecule has 10 heteroatoms. The number of carbonyl (C=O) groups excluding carboxylic acids is 3. The van der Waals surface area contributed by atoms with Gasteiger partial charge in [-0.15, -0.1) is 0 Å². The lowest BCUT2D eigenvalue weighted by molar-refractivity contribution is -0.0620. The van der Waals surface area contributed by atoms with Gasteiger partial charge in [0.05, 0.1) is 23.0 Å². The molecular weight excluding hydrogens is 514 g/mol. The average molecular weight is 538 g/mol. The predicted molar refractivity (Wildman–Crippen MR) is 139 cm³/mol. The van der Waals surface area contributed by atoms with Gasteiger partial charge in [0.2, 0.25) is 0 Å². The Hall–Kier alpha value is -5.27. The van der Waals surface area contributed by atoms with Crippen molar-refractivity contribution in [3.8, 4) is 6.07 Å². The molecule has 0 saturated carbocycles. The highest BCUT2D eigenvalue weighted by Gasteiger charge is 2.51. The van der Waals surface area contributed by atoms with E-state index in [1.807, 2.05) is 6.07 Å². The molecule has 0 radical (unpaired) electrons. The summed E-state index contributed by atoms with van der Waals surface area (Å²) in [7, 11) is 0. The van der Waals surface area contributed by atoms with E-state index in [-0.39, 0.29) is 23.4 Å². The highest BCUT2D eigenvalue weighted by molar-refractivity contribution is 5.91. The minimum atomic E-state index is -1.18. The van der Waals surface area contributed by atoms with Crippen LogP contribution in [0.15, 0.2) is 104 Å². The number of carbonyl (C=O) groups is 3. The molecule has 1 fully saturated rings. The molecule has 40 heavy (non-hydrogen) atoms. The summed E-state index contributed by atoms with van der Waals surface area (Å²) < 4.78 is 24.8. The molecule has 0 unspecified atom stereocenters. The Morgan fingerprint density at radius 1 is 0.775 bits per heavy atom. The topological polar surface area (TPSA) is 130 Å². The molecule has 1 aliphatic rings. The first-order chi connectivity index (χ1) is 19.5. The van der Waals surface area contributed by atoms with Crippen LogP contribution in [-0.2, 0) is 18.9 Å². The van der Waals surface area contributed by atoms with Crippen LogP contribution >= 0.6 is 0 Å². The Kier molecular flexibility index (Phi) is 7.94. The van der Waals surface area contributed by atoms with Crippen molar-refractivity contribution >= 4 is 17.9 Å². The highest BCUT2D eigenvalue weighted by atomic mass is 16.7. The average Bonchev–Trinajstić information content (AvgIpc) is 3.62. The van der Waals surface area contributed by atoms with Crippen molar-refractivity contribution in [3.05, 3.63) is 126 Å². The quantitative estimate of drug-likeness (QED) is 0.242. The molecular formula is C30H23N3O7. The number of hydrogen-bond donors (Lipinski definition) is 0. The minimum absolute atomic E-state index is 0.105. The first-order valence-corrected chi connectivity index (χ1v) is 12.4. The number of aromatic nitrogens is 2. The smallest absolute Gasteiger partial charge is 0.338 e. The van der Waals surface area contributed by atoms with Gasteiger partial charge in [-0.1, -0.05) is 54.6 Å². The zero-order valence-corrected chi connectivity index (χ0v) is 21.0. The molecule has 2 heterocycles. The summed E-state index contributed by atoms with van der Waals surface area (Å²) in [5.74, 6) is -1.96. The van der Waals surface area contributed by atoms with Crippen molar-refractivity contribution in [2.45, 2.75) is 24.5 Å². The van der Waals surface area contributed by atoms with Gasteiger partial charge in [-0.2, -0.15) is 5.26 Å². The second-order valence-corrected chi connectivity index (χ2v) is 8.82. The maximum Gasteiger partial charge on any atom is 0.338 e. The van der Waals surface area contributed by atoms with Crippen LogP contribution in [0.4, 0.5) is 0 Å². The van der Waals surface area contributed by atoms with Gasteiger partial charge < -0.3 is 23.5 Å². The summed E-state index contributed by atoms with van der Waals surface area (Å²) in [5, 5.41) is 9.28. The molecule has 0 N–H and O–H groups in total. The van der Waals surface area contributed by atoms with Gasteiger partial charge in [0, 0.05) is 6.20 Å². The van der Waals surface area contributed by atoms with E-state index in [0.29, 0.717) is 5.56 Å². The Morgan fingerprint density at radius 3 is 1.77 bits per heavy atom. The Bertz CT molecular complexity index is 1520. The van der Waals surface area contributed by atoms with E-state index in [4.69, 9.17) is 18.9 Å². The Balaban J connectivity index is 1.46. The van der Waals surface area contributed by atoms with E-state index >= 15 is 0 Å². The fourth-order valence-electron chi connectivity index (χ4n) is 4.23. The van der Waals surface area contributed by atoms with Crippen LogP contribution in [0.5, 0.6) is 0 Å². The van der Waals surface area contributed by atoms with Crippen LogP contribution in [0.25, 0.3) is 0 Å². The number of benzene rings is 3. The van der Waals surface area contributed by atoms with E-state index < -0.39 is 42.4 Å². The molecule has 4 atom stereocenters. The first kappa shape index (κ1) is 26.3. The van der Waals surface area contributed by atoms with E-state index in [9.17, 15) is 19.6 Å². The van der Waals surface area contributed by atoms with Crippen molar-refractivity contribution < 1.29 is 33.3 Å². The summed E-state index contributed by atoms with van der Waals surface area (Å²) >= 11 is 0. The third kappa shape index (κ3) is 5.90. The molecule has 4 aromatic rings. The van der Waals surface area contributed by atoms with E-state index in [2.05, 4.69) is 4.98 Å². The molecule has 0 bridgehead atoms. The lowest BCUT2D eigenvalue weighted by Crippen LogP contribution is -2.41. The molecule has 200 valence electrons. The third-order valence-electron chi connectivity index (χ3n) is 6.19. The molecule has 10 nitrogen and oxygen atoms in total. The van der Waals surface area contributed by atoms with Crippen LogP contribution in [-0.4, -0.2) is 52.4 Å². The summed E-state index contributed by atoms with van der Waals surface area (Å²) in [6.07, 6.45) is -1.66. The number of hydrogen-bond acceptors (Lipinski definition) is 9. The summed E-state index contributed by atoms with van der Waals surface area (Å²) in [5.41, 5.74) is 0.980. The second-order valence-electron chi connectivity index (χ2n) is 8.82. The summed E-state index contributed by atoms with van der Waals surface area (Å²) in [4.78, 5) is 42.9. The summed E-state index contributed by atoms with van der Waals surface area (Å²) in [6.45, 7) is -0.309. The normalized spacial score (nSPS) is 19.8. The van der Waals surface area contributed by atoms with Crippen LogP contribution in [0.2, 0.25) is 0 Å². The van der Waals surface area contributed by atoms with Crippen molar-refractivity contribution in [1.29, 1.82) is 5.26 Å². The lowest BCUT2D eigenvalue weighted by atomic mass is 10.1. The van der Waals surface area contributed by atoms with Gasteiger partial charge in [-0.05, 0) is 36.4 Å². The Morgan fingerprint density at radius 2 is 1.27 bits per heavy atom. The number of ether oxygens (including phenoxy) is 4. The number of nitrogens with zero attached hydrogens (tertiary/aromatic N) is 3. The fourth-order valence-corrected chi connectivity index (χ4v) is 4.23. The van der Waals surface area contributed by atoms with Crippen molar-refractivity contribution in [3.63, 3.8) is 0 Å². The fraction of sp³-hybridized carbons (Fsp3) is 0.167. The van der Waals surface area contributed by atoms with Crippen molar-refractivity contribution in [1.82, 2.24) is 9.55 Å². The lowest BCUT2D eigenvalue weighted by Gasteiger charge is -2.24. The van der Waals surface area contributed by atoms with Gasteiger partial charge in [-0.3, -0.25) is 0 Å². The van der Waals surface area contributed by atoms with Crippen molar-refractivity contribution in [2.75, 3.05) is 6.61 Å². The minimum Gasteiger partial charge on any atom is -0.459 e. The zero-order valence-electron chi connectivity index (χ0n) is 21.0. The van der Waals surface area contributed by atoms with Gasteiger partial charge in [-0.25, -0.2) is 19.4 Å². The van der Waals surface area contributed by atoms with Gasteiger partial charge >= 0.3 is 17.9 Å². The maximum absolute atomic E-state index is 13.1. The summed E-state index contributed by atoms with van der Waals surface area (Å²) in [6, 6.07) is 26.9. The number of imidazole rings is 1. The second kappa shape index (κ2) is 12.1. The molecule has 1 saturated heterocycles. The van der Waals surface area contributed by atoms with Crippen LogP contribution in [0.1, 0.15) is 43.0 Å². The highest BCUT2D eigenvalue weighted by Crippen LogP contribution is 2.35. The molecule has 0 spiro atoms. The van der Waals surface area contributed by atoms with Gasteiger partial charge in [0.15, 0.2) is 24.1 Å². The van der Waals surface area contributed by atoms with E-state index in [1.54, 1.807) is 91.0 Å². The third-order valence-corrected chi connectivity index (χ3v) is 6.19. The maximum atomic E-state index is 13.1. The van der Waals surface area contributed by atoms with Crippen LogP contribution in [0, 0.1) is 11.3 Å². The monoisotopic (exact) mass is 537 g/mol. The van der Waals surface area contributed by atoms with E-state index in [0.717, 1.165) is 0 Å². The Labute approximate surface area is 229 Å². The van der Waals surface area contributed by atoms with Gasteiger partial charge in [0.1, 0.15) is 18.8 Å². The molecule has 5 rings (SSSR count). The zero-order chi connectivity index (χ0) is 27.9. The molecule has 0 aliphatic carbocycles. The molecule has 1 aliphatic heterocycles. The van der Waals surface area contributed by atoms with E-state index in [1.165, 1.54) is 17.1 Å². The standard InChI is InChI=1S/C30H23N3O7/c31-16-23-17-33(19-32-23)27-26(40-30(36)22-14-8-3-9-15-22)25(39-29(35)21-12-6-2-7-13-21)24(38-27)18-37-28(34)20-10-4-1-5-11-20/h1-15,17,19,24-27H,18H2/t24-,25-,26-,27-/m1/s1. The number of nitriles is 1. The number of esters is 3. The first-order valence-electron chi connectivity index (χ1n) is 12.4. The van der Waals surface area contributed by atoms with Crippen LogP contribution in [0.3, 0.4) is 0 Å². The van der Waals surface area contributed by atoms with Crippen LogP contribution < -0.4 is 0 Å². The van der Waals surface area contributed by atoms with Crippen molar-refractivity contribution in [2.24, 2.45) is 0 Å². The van der Waals surface area contributed by atoms with Gasteiger partial charge in [0.25, 0.3) is 0 Å².